The number of carbonyl (C=O) groups is 3. The van der Waals surface area contributed by atoms with Crippen molar-refractivity contribution in [2.45, 2.75) is 31.8 Å². The van der Waals surface area contributed by atoms with Crippen molar-refractivity contribution in [1.29, 1.82) is 0 Å². The molecule has 1 heterocycles. The standard InChI is InChI=1S/C28H28N4O6S2/c1-4-38-26(34)18-32-24-15-12-22(29-19(2)33)16-25(24)39-28(32)30-27(35)21-10-13-23(14-11-21)40(36,37)31(3)17-20-8-6-5-7-9-20/h5-16H,4,17-18H2,1-3H3,(H,29,33). The fourth-order valence-electron chi connectivity index (χ4n) is 3.95. The van der Waals surface area contributed by atoms with E-state index in [-0.39, 0.29) is 40.9 Å². The van der Waals surface area contributed by atoms with Crippen molar-refractivity contribution >= 4 is 55.0 Å². The summed E-state index contributed by atoms with van der Waals surface area (Å²) in [7, 11) is -2.29. The Balaban J connectivity index is 1.64. The van der Waals surface area contributed by atoms with E-state index in [2.05, 4.69) is 10.3 Å². The van der Waals surface area contributed by atoms with Gasteiger partial charge in [0.05, 0.1) is 21.7 Å². The summed E-state index contributed by atoms with van der Waals surface area (Å²) >= 11 is 1.17. The summed E-state index contributed by atoms with van der Waals surface area (Å²) < 4.78 is 34.7. The summed E-state index contributed by atoms with van der Waals surface area (Å²) in [4.78, 5) is 41.4. The molecule has 0 aliphatic heterocycles. The predicted molar refractivity (Wildman–Crippen MR) is 152 cm³/mol. The third-order valence-electron chi connectivity index (χ3n) is 5.85. The second kappa shape index (κ2) is 12.4. The van der Waals surface area contributed by atoms with E-state index in [4.69, 9.17) is 4.74 Å². The number of nitrogens with zero attached hydrogens (tertiary/aromatic N) is 3. The minimum absolute atomic E-state index is 0.0484. The first kappa shape index (κ1) is 28.9. The number of aromatic nitrogens is 1. The predicted octanol–water partition coefficient (Wildman–Crippen LogP) is 3.79. The molecular weight excluding hydrogens is 552 g/mol. The third kappa shape index (κ3) is 6.71. The van der Waals surface area contributed by atoms with Gasteiger partial charge in [0.15, 0.2) is 4.80 Å². The Morgan fingerprint density at radius 1 is 1.02 bits per heavy atom. The normalized spacial score (nSPS) is 12.1. The van der Waals surface area contributed by atoms with E-state index >= 15 is 0 Å². The Kier molecular flexibility index (Phi) is 8.93. The van der Waals surface area contributed by atoms with E-state index in [1.54, 1.807) is 29.7 Å². The Hall–Kier alpha value is -4.13. The number of hydrogen-bond donors (Lipinski definition) is 1. The van der Waals surface area contributed by atoms with Crippen LogP contribution in [0.4, 0.5) is 5.69 Å². The quantitative estimate of drug-likeness (QED) is 0.300. The van der Waals surface area contributed by atoms with E-state index in [0.717, 1.165) is 5.56 Å². The molecule has 0 saturated carbocycles. The van der Waals surface area contributed by atoms with Crippen LogP contribution in [0.15, 0.2) is 82.7 Å². The number of thiazole rings is 1. The minimum atomic E-state index is -3.79. The number of rotatable bonds is 9. The van der Waals surface area contributed by atoms with Crippen LogP contribution in [0.3, 0.4) is 0 Å². The number of nitrogens with one attached hydrogen (secondary N) is 1. The van der Waals surface area contributed by atoms with Crippen LogP contribution >= 0.6 is 11.3 Å². The minimum Gasteiger partial charge on any atom is -0.465 e. The molecule has 12 heteroatoms. The average molecular weight is 581 g/mol. The van der Waals surface area contributed by atoms with Crippen molar-refractivity contribution in [3.05, 3.63) is 88.7 Å². The molecule has 10 nitrogen and oxygen atoms in total. The molecule has 1 N–H and O–H groups in total. The Morgan fingerprint density at radius 2 is 1.73 bits per heavy atom. The molecule has 4 aromatic rings. The Labute approximate surface area is 235 Å². The maximum absolute atomic E-state index is 13.1. The second-order valence-electron chi connectivity index (χ2n) is 8.83. The van der Waals surface area contributed by atoms with Crippen molar-refractivity contribution in [3.8, 4) is 0 Å². The molecule has 1 aromatic heterocycles. The first-order chi connectivity index (χ1) is 19.1. The number of esters is 1. The lowest BCUT2D eigenvalue weighted by Crippen LogP contribution is -2.26. The molecule has 208 valence electrons. The molecule has 0 fully saturated rings. The Morgan fingerprint density at radius 3 is 2.38 bits per heavy atom. The van der Waals surface area contributed by atoms with Gasteiger partial charge >= 0.3 is 5.97 Å². The van der Waals surface area contributed by atoms with Crippen LogP contribution in [-0.4, -0.2) is 48.7 Å². The van der Waals surface area contributed by atoms with Crippen LogP contribution in [0.2, 0.25) is 0 Å². The highest BCUT2D eigenvalue weighted by molar-refractivity contribution is 7.89. The van der Waals surface area contributed by atoms with Gasteiger partial charge in [0, 0.05) is 31.8 Å². The Bertz CT molecular complexity index is 1730. The average Bonchev–Trinajstić information content (AvgIpc) is 3.24. The highest BCUT2D eigenvalue weighted by Crippen LogP contribution is 2.23. The zero-order valence-corrected chi connectivity index (χ0v) is 23.8. The highest BCUT2D eigenvalue weighted by Gasteiger charge is 2.21. The number of amides is 2. The second-order valence-corrected chi connectivity index (χ2v) is 11.9. The van der Waals surface area contributed by atoms with Crippen LogP contribution in [-0.2, 0) is 37.4 Å². The summed E-state index contributed by atoms with van der Waals surface area (Å²) in [5, 5.41) is 2.71. The molecule has 0 unspecified atom stereocenters. The first-order valence-corrected chi connectivity index (χ1v) is 14.6. The molecule has 0 spiro atoms. The molecule has 2 amide bonds. The van der Waals surface area contributed by atoms with E-state index in [1.807, 2.05) is 30.3 Å². The summed E-state index contributed by atoms with van der Waals surface area (Å²) in [5.74, 6) is -1.32. The highest BCUT2D eigenvalue weighted by atomic mass is 32.2. The van der Waals surface area contributed by atoms with Crippen LogP contribution in [0.5, 0.6) is 0 Å². The number of ether oxygens (including phenoxy) is 1. The van der Waals surface area contributed by atoms with Gasteiger partial charge in [-0.3, -0.25) is 14.4 Å². The van der Waals surface area contributed by atoms with E-state index in [0.29, 0.717) is 15.9 Å². The number of hydrogen-bond acceptors (Lipinski definition) is 7. The lowest BCUT2D eigenvalue weighted by atomic mass is 10.2. The SMILES string of the molecule is CCOC(=O)Cn1c(=NC(=O)c2ccc(S(=O)(=O)N(C)Cc3ccccc3)cc2)sc2cc(NC(C)=O)ccc21. The molecule has 0 bridgehead atoms. The van der Waals surface area contributed by atoms with Crippen molar-refractivity contribution in [2.75, 3.05) is 19.0 Å². The first-order valence-electron chi connectivity index (χ1n) is 12.3. The largest absolute Gasteiger partial charge is 0.465 e. The van der Waals surface area contributed by atoms with Gasteiger partial charge in [0.25, 0.3) is 5.91 Å². The summed E-state index contributed by atoms with van der Waals surface area (Å²) in [6.45, 7) is 3.35. The van der Waals surface area contributed by atoms with Gasteiger partial charge in [-0.1, -0.05) is 41.7 Å². The van der Waals surface area contributed by atoms with Gasteiger partial charge in [0.1, 0.15) is 6.54 Å². The maximum atomic E-state index is 13.1. The van der Waals surface area contributed by atoms with Crippen molar-refractivity contribution in [3.63, 3.8) is 0 Å². The maximum Gasteiger partial charge on any atom is 0.326 e. The van der Waals surface area contributed by atoms with Gasteiger partial charge in [-0.15, -0.1) is 0 Å². The van der Waals surface area contributed by atoms with E-state index in [1.165, 1.54) is 53.9 Å². The van der Waals surface area contributed by atoms with Crippen molar-refractivity contribution in [1.82, 2.24) is 8.87 Å². The molecule has 0 radical (unpaired) electrons. The lowest BCUT2D eigenvalue weighted by molar-refractivity contribution is -0.143. The van der Waals surface area contributed by atoms with Gasteiger partial charge in [-0.25, -0.2) is 8.42 Å². The number of sulfonamides is 1. The number of carbonyl (C=O) groups excluding carboxylic acids is 3. The smallest absolute Gasteiger partial charge is 0.326 e. The van der Waals surface area contributed by atoms with Gasteiger partial charge in [-0.05, 0) is 55.0 Å². The van der Waals surface area contributed by atoms with Crippen molar-refractivity contribution < 1.29 is 27.5 Å². The van der Waals surface area contributed by atoms with Gasteiger partial charge in [0.2, 0.25) is 15.9 Å². The topological polar surface area (TPSA) is 127 Å². The third-order valence-corrected chi connectivity index (χ3v) is 8.71. The van der Waals surface area contributed by atoms with Crippen LogP contribution < -0.4 is 10.1 Å². The number of fused-ring (bicyclic) bond motifs is 1. The molecule has 4 rings (SSSR count). The molecule has 0 saturated heterocycles. The molecular formula is C28H28N4O6S2. The molecule has 0 aliphatic rings. The molecule has 40 heavy (non-hydrogen) atoms. The molecule has 3 aromatic carbocycles. The van der Waals surface area contributed by atoms with Crippen LogP contribution in [0.25, 0.3) is 10.2 Å². The fourth-order valence-corrected chi connectivity index (χ4v) is 6.18. The monoisotopic (exact) mass is 580 g/mol. The van der Waals surface area contributed by atoms with Gasteiger partial charge < -0.3 is 14.6 Å². The zero-order valence-electron chi connectivity index (χ0n) is 22.2. The van der Waals surface area contributed by atoms with Crippen LogP contribution in [0.1, 0.15) is 29.8 Å². The zero-order chi connectivity index (χ0) is 28.9. The molecule has 0 aliphatic carbocycles. The van der Waals surface area contributed by atoms with E-state index < -0.39 is 21.9 Å². The van der Waals surface area contributed by atoms with E-state index in [9.17, 15) is 22.8 Å². The summed E-state index contributed by atoms with van der Waals surface area (Å²) in [5.41, 5.74) is 2.24. The molecule has 0 atom stereocenters. The van der Waals surface area contributed by atoms with Gasteiger partial charge in [-0.2, -0.15) is 9.30 Å². The number of anilines is 1. The van der Waals surface area contributed by atoms with Crippen LogP contribution in [0, 0.1) is 0 Å². The fraction of sp³-hybridized carbons (Fsp3) is 0.214. The lowest BCUT2D eigenvalue weighted by Gasteiger charge is -2.17. The summed E-state index contributed by atoms with van der Waals surface area (Å²) in [6.07, 6.45) is 0. The summed E-state index contributed by atoms with van der Waals surface area (Å²) in [6, 6.07) is 20.0. The number of benzene rings is 3. The van der Waals surface area contributed by atoms with Crippen molar-refractivity contribution in [2.24, 2.45) is 4.99 Å².